The number of hydrogen-bond acceptors (Lipinski definition) is 0. The van der Waals surface area contributed by atoms with E-state index in [9.17, 15) is 13.2 Å². The van der Waals surface area contributed by atoms with Gasteiger partial charge in [0, 0.05) is 16.7 Å². The van der Waals surface area contributed by atoms with Crippen LogP contribution in [-0.4, -0.2) is 0 Å². The lowest BCUT2D eigenvalue weighted by Gasteiger charge is -2.09. The fourth-order valence-corrected chi connectivity index (χ4v) is 3.60. The van der Waals surface area contributed by atoms with Crippen molar-refractivity contribution in [3.63, 3.8) is 0 Å². The summed E-state index contributed by atoms with van der Waals surface area (Å²) in [4.78, 5) is 0. The smallest absolute Gasteiger partial charge is 0.200 e. The van der Waals surface area contributed by atoms with E-state index in [0.717, 1.165) is 40.1 Å². The number of halogens is 3. The zero-order valence-corrected chi connectivity index (χ0v) is 17.0. The van der Waals surface area contributed by atoms with Crippen LogP contribution < -0.4 is 4.57 Å². The zero-order chi connectivity index (χ0) is 21.8. The van der Waals surface area contributed by atoms with Gasteiger partial charge in [-0.1, -0.05) is 66.7 Å². The number of aryl methyl sites for hydroxylation is 1. The molecular formula is C27H21F3N+. The van der Waals surface area contributed by atoms with Gasteiger partial charge >= 0.3 is 6.18 Å². The van der Waals surface area contributed by atoms with Crippen LogP contribution in [0.15, 0.2) is 97.2 Å². The number of aromatic nitrogens is 1. The van der Waals surface area contributed by atoms with Crippen molar-refractivity contribution < 1.29 is 17.7 Å². The summed E-state index contributed by atoms with van der Waals surface area (Å²) < 4.78 is 40.6. The number of rotatable bonds is 4. The predicted molar refractivity (Wildman–Crippen MR) is 119 cm³/mol. The molecule has 0 radical (unpaired) electrons. The second kappa shape index (κ2) is 8.60. The Morgan fingerprint density at radius 1 is 0.677 bits per heavy atom. The number of benzene rings is 3. The van der Waals surface area contributed by atoms with Crippen LogP contribution in [0.5, 0.6) is 0 Å². The van der Waals surface area contributed by atoms with Crippen LogP contribution in [0, 0.1) is 0 Å². The Labute approximate surface area is 179 Å². The lowest BCUT2D eigenvalue weighted by atomic mass is 9.99. The van der Waals surface area contributed by atoms with Gasteiger partial charge in [0.05, 0.1) is 5.56 Å². The number of pyridine rings is 1. The molecule has 154 valence electrons. The Morgan fingerprint density at radius 3 is 1.84 bits per heavy atom. The van der Waals surface area contributed by atoms with Crippen molar-refractivity contribution >= 4 is 12.2 Å². The monoisotopic (exact) mass is 416 g/mol. The third kappa shape index (κ3) is 4.75. The van der Waals surface area contributed by atoms with Gasteiger partial charge in [-0.05, 0) is 47.5 Å². The summed E-state index contributed by atoms with van der Waals surface area (Å²) in [6.45, 7) is 0. The average Bonchev–Trinajstić information content (AvgIpc) is 2.78. The Hall–Kier alpha value is -3.66. The molecule has 0 aliphatic rings. The van der Waals surface area contributed by atoms with Gasteiger partial charge in [-0.25, -0.2) is 0 Å². The van der Waals surface area contributed by atoms with Crippen molar-refractivity contribution in [1.29, 1.82) is 0 Å². The molecule has 0 fully saturated rings. The molecule has 0 aliphatic heterocycles. The average molecular weight is 416 g/mol. The maximum atomic E-state index is 12.8. The molecule has 0 spiro atoms. The van der Waals surface area contributed by atoms with Gasteiger partial charge in [0.2, 0.25) is 5.69 Å². The van der Waals surface area contributed by atoms with E-state index in [4.69, 9.17) is 0 Å². The summed E-state index contributed by atoms with van der Waals surface area (Å²) in [5.74, 6) is 0. The Morgan fingerprint density at radius 2 is 1.26 bits per heavy atom. The van der Waals surface area contributed by atoms with Gasteiger partial charge in [0.25, 0.3) is 0 Å². The first kappa shape index (κ1) is 20.6. The fourth-order valence-electron chi connectivity index (χ4n) is 3.60. The van der Waals surface area contributed by atoms with Gasteiger partial charge in [-0.3, -0.25) is 0 Å². The summed E-state index contributed by atoms with van der Waals surface area (Å²) in [7, 11) is 2.00. The van der Waals surface area contributed by atoms with Crippen LogP contribution in [0.2, 0.25) is 0 Å². The summed E-state index contributed by atoms with van der Waals surface area (Å²) >= 11 is 0. The predicted octanol–water partition coefficient (Wildman–Crippen LogP) is 7.03. The molecule has 0 N–H and O–H groups in total. The molecule has 3 aromatic carbocycles. The second-order valence-corrected chi connectivity index (χ2v) is 7.33. The van der Waals surface area contributed by atoms with E-state index in [0.29, 0.717) is 5.56 Å². The molecule has 1 nitrogen and oxygen atoms in total. The SMILES string of the molecule is C[n+]1cc(-c2ccccc2)cc(/C=C/c2ccc(C(F)(F)F)cc2)c1-c1ccccc1. The molecule has 0 amide bonds. The molecule has 31 heavy (non-hydrogen) atoms. The molecule has 4 aromatic rings. The minimum absolute atomic E-state index is 0.646. The van der Waals surface area contributed by atoms with E-state index in [2.05, 4.69) is 29.0 Å². The lowest BCUT2D eigenvalue weighted by molar-refractivity contribution is -0.660. The maximum absolute atomic E-state index is 12.8. The van der Waals surface area contributed by atoms with Gasteiger partial charge in [-0.2, -0.15) is 17.7 Å². The van der Waals surface area contributed by atoms with Crippen LogP contribution in [0.25, 0.3) is 34.5 Å². The molecule has 0 aliphatic carbocycles. The molecule has 4 rings (SSSR count). The molecule has 0 saturated carbocycles. The minimum atomic E-state index is -4.33. The highest BCUT2D eigenvalue weighted by atomic mass is 19.4. The highest BCUT2D eigenvalue weighted by Gasteiger charge is 2.29. The lowest BCUT2D eigenvalue weighted by Crippen LogP contribution is -2.31. The van der Waals surface area contributed by atoms with Crippen LogP contribution >= 0.6 is 0 Å². The molecule has 0 unspecified atom stereocenters. The van der Waals surface area contributed by atoms with Crippen molar-refractivity contribution in [2.75, 3.05) is 0 Å². The molecule has 0 bridgehead atoms. The largest absolute Gasteiger partial charge is 0.416 e. The van der Waals surface area contributed by atoms with Crippen LogP contribution in [0.4, 0.5) is 13.2 Å². The maximum Gasteiger partial charge on any atom is 0.416 e. The van der Waals surface area contributed by atoms with E-state index < -0.39 is 11.7 Å². The fraction of sp³-hybridized carbons (Fsp3) is 0.0741. The summed E-state index contributed by atoms with van der Waals surface area (Å²) in [5, 5.41) is 0. The molecule has 0 saturated heterocycles. The summed E-state index contributed by atoms with van der Waals surface area (Å²) in [5.41, 5.74) is 5.30. The normalized spacial score (nSPS) is 11.7. The summed E-state index contributed by atoms with van der Waals surface area (Å²) in [6.07, 6.45) is 1.56. The van der Waals surface area contributed by atoms with Crippen LogP contribution in [0.3, 0.4) is 0 Å². The molecule has 1 aromatic heterocycles. The van der Waals surface area contributed by atoms with Crippen molar-refractivity contribution in [2.45, 2.75) is 6.18 Å². The van der Waals surface area contributed by atoms with Crippen molar-refractivity contribution in [1.82, 2.24) is 0 Å². The van der Waals surface area contributed by atoms with E-state index >= 15 is 0 Å². The first-order valence-corrected chi connectivity index (χ1v) is 9.92. The van der Waals surface area contributed by atoms with Gasteiger partial charge in [0.1, 0.15) is 7.05 Å². The van der Waals surface area contributed by atoms with Crippen LogP contribution in [0.1, 0.15) is 16.7 Å². The van der Waals surface area contributed by atoms with Crippen molar-refractivity contribution in [3.05, 3.63) is 114 Å². The third-order valence-corrected chi connectivity index (χ3v) is 5.12. The number of alkyl halides is 3. The van der Waals surface area contributed by atoms with E-state index in [1.807, 2.05) is 67.7 Å². The standard InChI is InChI=1S/C27H21F3N/c1-31-19-24(21-8-4-2-5-9-21)18-23(26(31)22-10-6-3-7-11-22)15-12-20-13-16-25(17-14-20)27(28,29)30/h2-19H,1H3/q+1/b15-12+. The Bertz CT molecular complexity index is 1190. The molecule has 4 heteroatoms. The molecular weight excluding hydrogens is 395 g/mol. The summed E-state index contributed by atoms with van der Waals surface area (Å²) in [6, 6.07) is 27.4. The van der Waals surface area contributed by atoms with Gasteiger partial charge in [-0.15, -0.1) is 0 Å². The molecule has 0 atom stereocenters. The van der Waals surface area contributed by atoms with E-state index in [-0.39, 0.29) is 0 Å². The van der Waals surface area contributed by atoms with E-state index in [1.54, 1.807) is 0 Å². The third-order valence-electron chi connectivity index (χ3n) is 5.12. The topological polar surface area (TPSA) is 3.88 Å². The Kier molecular flexibility index (Phi) is 5.72. The van der Waals surface area contributed by atoms with Crippen molar-refractivity contribution in [2.24, 2.45) is 7.05 Å². The first-order valence-electron chi connectivity index (χ1n) is 9.92. The van der Waals surface area contributed by atoms with Gasteiger partial charge < -0.3 is 0 Å². The zero-order valence-electron chi connectivity index (χ0n) is 17.0. The number of nitrogens with zero attached hydrogens (tertiary/aromatic N) is 1. The number of hydrogen-bond donors (Lipinski definition) is 0. The quantitative estimate of drug-likeness (QED) is 0.314. The van der Waals surface area contributed by atoms with E-state index in [1.165, 1.54) is 12.1 Å². The van der Waals surface area contributed by atoms with Crippen molar-refractivity contribution in [3.8, 4) is 22.4 Å². The van der Waals surface area contributed by atoms with Crippen LogP contribution in [-0.2, 0) is 13.2 Å². The second-order valence-electron chi connectivity index (χ2n) is 7.33. The highest BCUT2D eigenvalue weighted by Crippen LogP contribution is 2.30. The first-order chi connectivity index (χ1) is 14.9. The molecule has 1 heterocycles. The minimum Gasteiger partial charge on any atom is -0.200 e. The Balaban J connectivity index is 1.79. The highest BCUT2D eigenvalue weighted by molar-refractivity contribution is 5.80. The van der Waals surface area contributed by atoms with Gasteiger partial charge in [0.15, 0.2) is 6.20 Å².